The number of unbranched alkanes of at least 4 members (excludes halogenated alkanes) is 1. The summed E-state index contributed by atoms with van der Waals surface area (Å²) < 4.78 is 0. The lowest BCUT2D eigenvalue weighted by molar-refractivity contribution is -0.138. The number of rotatable bonds is 34. The molecule has 13 amide bonds. The van der Waals surface area contributed by atoms with Gasteiger partial charge in [0.1, 0.15) is 25.4 Å². The molecule has 12 N–H and O–H groups in total. The number of aldehydes is 1. The molecular weight excluding hydrogens is 947 g/mol. The van der Waals surface area contributed by atoms with Crippen LogP contribution in [0.15, 0.2) is 35.3 Å². The second-order valence-electron chi connectivity index (χ2n) is 15.4. The molecule has 0 aromatic carbocycles. The van der Waals surface area contributed by atoms with Crippen molar-refractivity contribution < 1.29 is 62.3 Å². The molecule has 0 aromatic rings. The Morgan fingerprint density at radius 2 is 1.12 bits per heavy atom. The smallest absolute Gasteiger partial charge is 0.321 e. The number of hydrogen-bond donors (Lipinski definition) is 10. The van der Waals surface area contributed by atoms with Crippen LogP contribution in [0.3, 0.4) is 0 Å². The fraction of sp³-hybridized carbons (Fsp3) is 0.568. The van der Waals surface area contributed by atoms with Crippen molar-refractivity contribution in [2.45, 2.75) is 59.4 Å². The Bertz CT molecular complexity index is 1940. The van der Waals surface area contributed by atoms with Gasteiger partial charge in [-0.05, 0) is 53.6 Å². The van der Waals surface area contributed by atoms with Crippen LogP contribution >= 0.6 is 0 Å². The van der Waals surface area contributed by atoms with E-state index in [1.165, 1.54) is 57.2 Å². The summed E-state index contributed by atoms with van der Waals surface area (Å²) in [5, 5.41) is 20.0. The Hall–Kier alpha value is -7.75. The predicted molar refractivity (Wildman–Crippen MR) is 263 cm³/mol. The molecule has 0 saturated carbocycles. The Labute approximate surface area is 419 Å². The van der Waals surface area contributed by atoms with Gasteiger partial charge in [0.05, 0.1) is 19.6 Å². The van der Waals surface area contributed by atoms with Crippen LogP contribution in [0, 0.1) is 0 Å². The molecule has 404 valence electrons. The Morgan fingerprint density at radius 3 is 1.58 bits per heavy atom. The lowest BCUT2D eigenvalue weighted by atomic mass is 10.1. The molecule has 0 fully saturated rings. The fourth-order valence-electron chi connectivity index (χ4n) is 5.79. The molecule has 0 aliphatic heterocycles. The highest BCUT2D eigenvalue weighted by atomic mass is 16.2. The molecule has 0 spiro atoms. The van der Waals surface area contributed by atoms with E-state index < -0.39 is 92.1 Å². The van der Waals surface area contributed by atoms with Gasteiger partial charge in [0.2, 0.25) is 66.0 Å². The fourth-order valence-corrected chi connectivity index (χ4v) is 5.79. The van der Waals surface area contributed by atoms with Gasteiger partial charge in [0, 0.05) is 102 Å². The standard InChI is InChI=1S/C38H65N13O11.C6H10N2O2/c1-7-33(57)48(22-32(56)46-29(36(40)60)10-8-9-11-39)16-13-44-31(55)21-50(35(59)24-51(38(62)43-6)18-27(2)25-52)17-14-45-30(54)20-49(15-12-41-4)34(58)23-47(26-53)19-28(3)37(61)42-5;1-5(3-8-4-9)6(10)7-2/h18-19,25-26,29,41H,7-17,20-24,39H2,1-6H3,(H2,40,60)(H,42,61)(H,43,62)(H,44,55)(H,45,54)(H,46,56);3-4H,1-2H3,(H,7,10)(H,8,9)/b27-18-,28-19-;5-3-. The molecule has 0 aliphatic carbocycles. The van der Waals surface area contributed by atoms with Crippen LogP contribution in [-0.2, 0) is 57.5 Å². The number of urea groups is 1. The van der Waals surface area contributed by atoms with E-state index in [4.69, 9.17) is 11.5 Å². The first-order valence-corrected chi connectivity index (χ1v) is 22.8. The molecule has 72 heavy (non-hydrogen) atoms. The minimum atomic E-state index is -0.966. The van der Waals surface area contributed by atoms with Gasteiger partial charge in [-0.1, -0.05) is 6.92 Å². The molecule has 0 bridgehead atoms. The number of primary amides is 1. The van der Waals surface area contributed by atoms with Gasteiger partial charge in [-0.3, -0.25) is 62.4 Å². The van der Waals surface area contributed by atoms with Crippen LogP contribution in [0.25, 0.3) is 0 Å². The van der Waals surface area contributed by atoms with Crippen LogP contribution < -0.4 is 54.0 Å². The monoisotopic (exact) mass is 1020 g/mol. The van der Waals surface area contributed by atoms with E-state index in [1.807, 2.05) is 0 Å². The van der Waals surface area contributed by atoms with E-state index >= 15 is 0 Å². The molecule has 1 atom stereocenters. The summed E-state index contributed by atoms with van der Waals surface area (Å²) in [7, 11) is 5.88. The third-order valence-electron chi connectivity index (χ3n) is 9.71. The zero-order valence-electron chi connectivity index (χ0n) is 42.6. The number of likely N-dealkylation sites (N-methyl/N-ethyl adjacent to an activating group) is 3. The number of hydrogen-bond acceptors (Lipinski definition) is 15. The van der Waals surface area contributed by atoms with Crippen molar-refractivity contribution in [1.82, 2.24) is 67.0 Å². The van der Waals surface area contributed by atoms with E-state index in [-0.39, 0.29) is 69.2 Å². The largest absolute Gasteiger partial charge is 0.368 e. The maximum atomic E-state index is 13.6. The summed E-state index contributed by atoms with van der Waals surface area (Å²) >= 11 is 0. The predicted octanol–water partition coefficient (Wildman–Crippen LogP) is -5.33. The van der Waals surface area contributed by atoms with Crippen molar-refractivity contribution >= 4 is 78.3 Å². The Morgan fingerprint density at radius 1 is 0.611 bits per heavy atom. The summed E-state index contributed by atoms with van der Waals surface area (Å²) in [6, 6.07) is -1.70. The molecule has 0 rings (SSSR count). The normalized spacial score (nSPS) is 11.4. The van der Waals surface area contributed by atoms with Crippen LogP contribution in [-0.4, -0.2) is 216 Å². The zero-order chi connectivity index (χ0) is 55.2. The summed E-state index contributed by atoms with van der Waals surface area (Å²) in [6.45, 7) is 3.45. The third kappa shape index (κ3) is 29.3. The van der Waals surface area contributed by atoms with Crippen molar-refractivity contribution in [1.29, 1.82) is 0 Å². The molecule has 0 aliphatic rings. The second-order valence-corrected chi connectivity index (χ2v) is 15.4. The minimum absolute atomic E-state index is 0.0274. The van der Waals surface area contributed by atoms with Crippen molar-refractivity contribution in [2.75, 3.05) is 107 Å². The quantitative estimate of drug-likeness (QED) is 0.0164. The van der Waals surface area contributed by atoms with Crippen LogP contribution in [0.1, 0.15) is 53.4 Å². The number of amides is 13. The Kier molecular flexibility index (Phi) is 36.0. The van der Waals surface area contributed by atoms with E-state index in [0.717, 1.165) is 20.9 Å². The first-order valence-electron chi connectivity index (χ1n) is 22.8. The average molecular weight is 1020 g/mol. The van der Waals surface area contributed by atoms with Crippen molar-refractivity contribution in [3.63, 3.8) is 0 Å². The lowest BCUT2D eigenvalue weighted by Crippen LogP contribution is -2.51. The molecule has 0 saturated heterocycles. The van der Waals surface area contributed by atoms with E-state index in [1.54, 1.807) is 20.9 Å². The number of nitrogens with two attached hydrogens (primary N) is 2. The second kappa shape index (κ2) is 39.0. The van der Waals surface area contributed by atoms with Gasteiger partial charge in [-0.15, -0.1) is 0 Å². The van der Waals surface area contributed by atoms with E-state index in [0.29, 0.717) is 44.1 Å². The number of carbonyl (C=O) groups is 13. The number of allylic oxidation sites excluding steroid dienone is 1. The van der Waals surface area contributed by atoms with Crippen molar-refractivity contribution in [3.8, 4) is 0 Å². The topological polar surface area (TPSA) is 386 Å². The molecule has 28 nitrogen and oxygen atoms in total. The maximum Gasteiger partial charge on any atom is 0.321 e. The summed E-state index contributed by atoms with van der Waals surface area (Å²) in [6.07, 6.45) is 6.46. The van der Waals surface area contributed by atoms with Gasteiger partial charge in [-0.2, -0.15) is 0 Å². The highest BCUT2D eigenvalue weighted by Crippen LogP contribution is 2.04. The number of nitrogens with one attached hydrogen (secondary N) is 8. The first kappa shape index (κ1) is 66.3. The third-order valence-corrected chi connectivity index (χ3v) is 9.71. The maximum absolute atomic E-state index is 13.6. The van der Waals surface area contributed by atoms with Gasteiger partial charge in [0.25, 0.3) is 0 Å². The number of nitrogens with zero attached hydrogens (tertiary/aromatic N) is 5. The first-order chi connectivity index (χ1) is 34.1. The van der Waals surface area contributed by atoms with E-state index in [2.05, 4.69) is 42.5 Å². The Balaban J connectivity index is 0. The molecular formula is C44H75N15O13. The van der Waals surface area contributed by atoms with Gasteiger partial charge < -0.3 is 73.6 Å². The summed E-state index contributed by atoms with van der Waals surface area (Å²) in [5.74, 6) is -5.21. The minimum Gasteiger partial charge on any atom is -0.368 e. The van der Waals surface area contributed by atoms with Crippen LogP contribution in [0.2, 0.25) is 0 Å². The SMILES string of the molecule is CCC(=O)N(CCNC(=O)CN(CCNC(=O)CN(CCNC)C(=O)CN(C=O)/C=C(/C)C(=O)NC)C(=O)CN(/C=C(/C)C=O)C(=O)NC)CC(=O)NC(CCCCN)C(N)=O.CNC(=O)/C(C)=C\NC=O. The van der Waals surface area contributed by atoms with Gasteiger partial charge >= 0.3 is 6.03 Å². The number of carbonyl (C=O) groups excluding carboxylic acids is 13. The average Bonchev–Trinajstić information content (AvgIpc) is 3.36. The van der Waals surface area contributed by atoms with Gasteiger partial charge in [0.15, 0.2) is 0 Å². The van der Waals surface area contributed by atoms with Gasteiger partial charge in [-0.25, -0.2) is 4.79 Å². The van der Waals surface area contributed by atoms with Crippen molar-refractivity contribution in [3.05, 3.63) is 35.3 Å². The highest BCUT2D eigenvalue weighted by Gasteiger charge is 2.25. The summed E-state index contributed by atoms with van der Waals surface area (Å²) in [5.41, 5.74) is 11.7. The highest BCUT2D eigenvalue weighted by molar-refractivity contribution is 5.94. The molecule has 28 heteroatoms. The van der Waals surface area contributed by atoms with E-state index in [9.17, 15) is 62.3 Å². The molecule has 0 aromatic heterocycles. The van der Waals surface area contributed by atoms with Crippen LogP contribution in [0.5, 0.6) is 0 Å². The molecule has 1 unspecified atom stereocenters. The zero-order valence-corrected chi connectivity index (χ0v) is 42.6. The molecule has 0 heterocycles. The molecule has 0 radical (unpaired) electrons. The summed E-state index contributed by atoms with van der Waals surface area (Å²) in [4.78, 5) is 163. The van der Waals surface area contributed by atoms with Crippen molar-refractivity contribution in [2.24, 2.45) is 11.5 Å². The van der Waals surface area contributed by atoms with Crippen LogP contribution in [0.4, 0.5) is 4.79 Å². The lowest BCUT2D eigenvalue weighted by Gasteiger charge is -2.27.